The first-order chi connectivity index (χ1) is 7.15. The first kappa shape index (κ1) is 11.4. The summed E-state index contributed by atoms with van der Waals surface area (Å²) in [6, 6.07) is 7.81. The van der Waals surface area contributed by atoms with Crippen molar-refractivity contribution in [3.05, 3.63) is 35.4 Å². The number of carbonyl (C=O) groups is 2. The second-order valence-corrected chi connectivity index (χ2v) is 3.34. The molecule has 0 saturated carbocycles. The molecule has 0 spiro atoms. The van der Waals surface area contributed by atoms with E-state index in [1.54, 1.807) is 0 Å². The molecular weight excluding hydrogens is 192 g/mol. The molecule has 3 nitrogen and oxygen atoms in total. The second-order valence-electron chi connectivity index (χ2n) is 3.34. The maximum Gasteiger partial charge on any atom is 0.374 e. The SMILES string of the molecule is COC(=O)C(=O)CCc1ccccc1C. The highest BCUT2D eigenvalue weighted by Gasteiger charge is 2.13. The van der Waals surface area contributed by atoms with E-state index >= 15 is 0 Å². The van der Waals surface area contributed by atoms with Crippen LogP contribution < -0.4 is 0 Å². The summed E-state index contributed by atoms with van der Waals surface area (Å²) >= 11 is 0. The fourth-order valence-corrected chi connectivity index (χ4v) is 1.35. The lowest BCUT2D eigenvalue weighted by atomic mass is 10.0. The van der Waals surface area contributed by atoms with E-state index in [1.807, 2.05) is 31.2 Å². The number of methoxy groups -OCH3 is 1. The van der Waals surface area contributed by atoms with Crippen LogP contribution in [0.4, 0.5) is 0 Å². The minimum absolute atomic E-state index is 0.206. The number of hydrogen-bond acceptors (Lipinski definition) is 3. The van der Waals surface area contributed by atoms with Crippen molar-refractivity contribution >= 4 is 11.8 Å². The topological polar surface area (TPSA) is 43.4 Å². The number of aryl methyl sites for hydroxylation is 2. The highest BCUT2D eigenvalue weighted by molar-refractivity contribution is 6.33. The Bertz CT molecular complexity index is 369. The average Bonchev–Trinajstić information content (AvgIpc) is 2.26. The molecule has 15 heavy (non-hydrogen) atoms. The lowest BCUT2D eigenvalue weighted by molar-refractivity contribution is -0.151. The number of carbonyl (C=O) groups excluding carboxylic acids is 2. The Morgan fingerprint density at radius 3 is 2.53 bits per heavy atom. The molecule has 1 rings (SSSR count). The van der Waals surface area contributed by atoms with E-state index in [2.05, 4.69) is 4.74 Å². The van der Waals surface area contributed by atoms with Crippen molar-refractivity contribution in [2.75, 3.05) is 7.11 Å². The Morgan fingerprint density at radius 2 is 1.93 bits per heavy atom. The normalized spacial score (nSPS) is 9.73. The van der Waals surface area contributed by atoms with Crippen LogP contribution in [0.2, 0.25) is 0 Å². The van der Waals surface area contributed by atoms with Gasteiger partial charge in [-0.1, -0.05) is 24.3 Å². The minimum atomic E-state index is -0.761. The number of ketones is 1. The molecule has 0 bridgehead atoms. The van der Waals surface area contributed by atoms with Crippen molar-refractivity contribution < 1.29 is 14.3 Å². The van der Waals surface area contributed by atoms with Crippen LogP contribution in [0.25, 0.3) is 0 Å². The van der Waals surface area contributed by atoms with Gasteiger partial charge in [0.2, 0.25) is 5.78 Å². The average molecular weight is 206 g/mol. The molecule has 0 heterocycles. The third-order valence-electron chi connectivity index (χ3n) is 2.30. The maximum absolute atomic E-state index is 11.2. The van der Waals surface area contributed by atoms with Crippen LogP contribution in [-0.2, 0) is 20.7 Å². The first-order valence-electron chi connectivity index (χ1n) is 4.81. The van der Waals surface area contributed by atoms with Gasteiger partial charge >= 0.3 is 5.97 Å². The molecule has 0 aromatic heterocycles. The molecule has 0 aliphatic heterocycles. The van der Waals surface area contributed by atoms with E-state index < -0.39 is 11.8 Å². The second kappa shape index (κ2) is 5.29. The number of Topliss-reactive ketones (excluding diaryl/α,β-unsaturated/α-hetero) is 1. The molecule has 0 saturated heterocycles. The van der Waals surface area contributed by atoms with Crippen molar-refractivity contribution in [3.63, 3.8) is 0 Å². The fraction of sp³-hybridized carbons (Fsp3) is 0.333. The van der Waals surface area contributed by atoms with Crippen LogP contribution >= 0.6 is 0 Å². The predicted octanol–water partition coefficient (Wildman–Crippen LogP) is 1.67. The summed E-state index contributed by atoms with van der Waals surface area (Å²) < 4.78 is 4.34. The van der Waals surface area contributed by atoms with Gasteiger partial charge in [0.1, 0.15) is 0 Å². The smallest absolute Gasteiger partial charge is 0.374 e. The predicted molar refractivity (Wildman–Crippen MR) is 56.5 cm³/mol. The Balaban J connectivity index is 2.54. The van der Waals surface area contributed by atoms with Crippen molar-refractivity contribution in [2.24, 2.45) is 0 Å². The van der Waals surface area contributed by atoms with Gasteiger partial charge in [0.05, 0.1) is 7.11 Å². The molecule has 0 atom stereocenters. The lowest BCUT2D eigenvalue weighted by Crippen LogP contribution is -2.16. The number of ether oxygens (including phenoxy) is 1. The number of benzene rings is 1. The standard InChI is InChI=1S/C12H14O3/c1-9-5-3-4-6-10(9)7-8-11(13)12(14)15-2/h3-6H,7-8H2,1-2H3. The van der Waals surface area contributed by atoms with Gasteiger partial charge in [-0.2, -0.15) is 0 Å². The largest absolute Gasteiger partial charge is 0.463 e. The van der Waals surface area contributed by atoms with Crippen LogP contribution in [0, 0.1) is 6.92 Å². The lowest BCUT2D eigenvalue weighted by Gasteiger charge is -2.03. The highest BCUT2D eigenvalue weighted by atomic mass is 16.5. The van der Waals surface area contributed by atoms with Gasteiger partial charge in [-0.3, -0.25) is 4.79 Å². The molecule has 0 unspecified atom stereocenters. The summed E-state index contributed by atoms with van der Waals surface area (Å²) in [5.41, 5.74) is 2.23. The molecule has 0 aliphatic carbocycles. The molecule has 0 amide bonds. The number of hydrogen-bond donors (Lipinski definition) is 0. The fourth-order valence-electron chi connectivity index (χ4n) is 1.35. The van der Waals surface area contributed by atoms with Crippen LogP contribution in [0.1, 0.15) is 17.5 Å². The van der Waals surface area contributed by atoms with E-state index in [9.17, 15) is 9.59 Å². The highest BCUT2D eigenvalue weighted by Crippen LogP contribution is 2.09. The van der Waals surface area contributed by atoms with Crippen molar-refractivity contribution in [1.29, 1.82) is 0 Å². The summed E-state index contributed by atoms with van der Waals surface area (Å²) in [7, 11) is 1.22. The van der Waals surface area contributed by atoms with Crippen LogP contribution in [0.15, 0.2) is 24.3 Å². The molecular formula is C12H14O3. The minimum Gasteiger partial charge on any atom is -0.463 e. The van der Waals surface area contributed by atoms with Crippen LogP contribution in [0.3, 0.4) is 0 Å². The Labute approximate surface area is 89.1 Å². The van der Waals surface area contributed by atoms with Gasteiger partial charge in [-0.15, -0.1) is 0 Å². The van der Waals surface area contributed by atoms with Crippen molar-refractivity contribution in [3.8, 4) is 0 Å². The maximum atomic E-state index is 11.2. The third kappa shape index (κ3) is 3.20. The van der Waals surface area contributed by atoms with E-state index in [4.69, 9.17) is 0 Å². The van der Waals surface area contributed by atoms with Gasteiger partial charge in [0, 0.05) is 6.42 Å². The third-order valence-corrected chi connectivity index (χ3v) is 2.30. The molecule has 0 aliphatic rings. The van der Waals surface area contributed by atoms with E-state index in [1.165, 1.54) is 7.11 Å². The van der Waals surface area contributed by atoms with Gasteiger partial charge < -0.3 is 4.74 Å². The van der Waals surface area contributed by atoms with E-state index in [-0.39, 0.29) is 6.42 Å². The van der Waals surface area contributed by atoms with Gasteiger partial charge in [0.25, 0.3) is 0 Å². The van der Waals surface area contributed by atoms with Gasteiger partial charge in [0.15, 0.2) is 0 Å². The summed E-state index contributed by atoms with van der Waals surface area (Å²) in [6.07, 6.45) is 0.790. The first-order valence-corrected chi connectivity index (χ1v) is 4.81. The molecule has 0 N–H and O–H groups in total. The number of rotatable bonds is 4. The van der Waals surface area contributed by atoms with Crippen LogP contribution in [-0.4, -0.2) is 18.9 Å². The Kier molecular flexibility index (Phi) is 4.03. The molecule has 1 aromatic carbocycles. The quantitative estimate of drug-likeness (QED) is 0.556. The molecule has 0 fully saturated rings. The summed E-state index contributed by atoms with van der Waals surface area (Å²) in [5, 5.41) is 0. The van der Waals surface area contributed by atoms with Gasteiger partial charge in [-0.25, -0.2) is 4.79 Å². The van der Waals surface area contributed by atoms with E-state index in [0.717, 1.165) is 11.1 Å². The molecule has 0 radical (unpaired) electrons. The van der Waals surface area contributed by atoms with Gasteiger partial charge in [-0.05, 0) is 24.5 Å². The van der Waals surface area contributed by atoms with Crippen molar-refractivity contribution in [1.82, 2.24) is 0 Å². The zero-order valence-electron chi connectivity index (χ0n) is 8.95. The Hall–Kier alpha value is -1.64. The zero-order chi connectivity index (χ0) is 11.3. The van der Waals surface area contributed by atoms with E-state index in [0.29, 0.717) is 6.42 Å². The zero-order valence-corrected chi connectivity index (χ0v) is 8.95. The monoisotopic (exact) mass is 206 g/mol. The molecule has 3 heteroatoms. The number of esters is 1. The summed E-state index contributed by atoms with van der Waals surface area (Å²) in [4.78, 5) is 22.0. The van der Waals surface area contributed by atoms with Crippen LogP contribution in [0.5, 0.6) is 0 Å². The summed E-state index contributed by atoms with van der Waals surface area (Å²) in [5.74, 6) is -1.23. The molecule has 1 aromatic rings. The molecule has 80 valence electrons. The summed E-state index contributed by atoms with van der Waals surface area (Å²) in [6.45, 7) is 1.98. The Morgan fingerprint density at radius 1 is 1.27 bits per heavy atom. The van der Waals surface area contributed by atoms with Crippen molar-refractivity contribution in [2.45, 2.75) is 19.8 Å².